The van der Waals surface area contributed by atoms with Crippen LogP contribution in [-0.4, -0.2) is 24.5 Å². The molecule has 0 aliphatic rings. The van der Waals surface area contributed by atoms with Gasteiger partial charge in [0, 0.05) is 25.5 Å². The molecule has 0 aliphatic carbocycles. The van der Waals surface area contributed by atoms with E-state index in [9.17, 15) is 0 Å². The number of para-hydroxylation sites is 1. The SMILES string of the molecule is CCn1nc(CNC(C)c2nncn2C)c2ccccc21. The Kier molecular flexibility index (Phi) is 3.70. The third-order valence-corrected chi connectivity index (χ3v) is 3.74. The summed E-state index contributed by atoms with van der Waals surface area (Å²) in [6, 6.07) is 8.47. The van der Waals surface area contributed by atoms with Crippen molar-refractivity contribution in [3.05, 3.63) is 42.1 Å². The molecule has 3 aromatic rings. The lowest BCUT2D eigenvalue weighted by atomic mass is 10.2. The zero-order chi connectivity index (χ0) is 14.8. The third-order valence-electron chi connectivity index (χ3n) is 3.74. The third kappa shape index (κ3) is 2.54. The van der Waals surface area contributed by atoms with Crippen LogP contribution in [0, 0.1) is 0 Å². The molecule has 0 fully saturated rings. The Morgan fingerprint density at radius 1 is 1.29 bits per heavy atom. The van der Waals surface area contributed by atoms with Crippen LogP contribution in [0.5, 0.6) is 0 Å². The minimum Gasteiger partial charge on any atom is -0.319 e. The van der Waals surface area contributed by atoms with E-state index in [1.165, 1.54) is 10.9 Å². The molecule has 3 rings (SSSR count). The lowest BCUT2D eigenvalue weighted by Crippen LogP contribution is -2.21. The van der Waals surface area contributed by atoms with Crippen LogP contribution in [-0.2, 0) is 20.1 Å². The first kappa shape index (κ1) is 13.8. The first-order chi connectivity index (χ1) is 10.2. The van der Waals surface area contributed by atoms with Gasteiger partial charge in [0.2, 0.25) is 0 Å². The molecule has 21 heavy (non-hydrogen) atoms. The van der Waals surface area contributed by atoms with Gasteiger partial charge in [-0.2, -0.15) is 5.10 Å². The highest BCUT2D eigenvalue weighted by molar-refractivity contribution is 5.81. The van der Waals surface area contributed by atoms with Crippen LogP contribution in [0.25, 0.3) is 10.9 Å². The van der Waals surface area contributed by atoms with Crippen molar-refractivity contribution in [1.82, 2.24) is 29.9 Å². The summed E-state index contributed by atoms with van der Waals surface area (Å²) in [5.41, 5.74) is 2.25. The first-order valence-corrected chi connectivity index (χ1v) is 7.22. The van der Waals surface area contributed by atoms with E-state index < -0.39 is 0 Å². The molecule has 0 aliphatic heterocycles. The smallest absolute Gasteiger partial charge is 0.149 e. The van der Waals surface area contributed by atoms with Gasteiger partial charge in [0.25, 0.3) is 0 Å². The van der Waals surface area contributed by atoms with Crippen molar-refractivity contribution in [3.63, 3.8) is 0 Å². The maximum Gasteiger partial charge on any atom is 0.149 e. The number of aryl methyl sites for hydroxylation is 2. The summed E-state index contributed by atoms with van der Waals surface area (Å²) in [4.78, 5) is 0. The number of nitrogens with zero attached hydrogens (tertiary/aromatic N) is 5. The second-order valence-electron chi connectivity index (χ2n) is 5.18. The van der Waals surface area contributed by atoms with Crippen molar-refractivity contribution in [2.75, 3.05) is 0 Å². The number of hydrogen-bond acceptors (Lipinski definition) is 4. The maximum atomic E-state index is 4.69. The molecule has 0 radical (unpaired) electrons. The van der Waals surface area contributed by atoms with Crippen molar-refractivity contribution in [1.29, 1.82) is 0 Å². The zero-order valence-corrected chi connectivity index (χ0v) is 12.6. The van der Waals surface area contributed by atoms with Crippen LogP contribution in [0.4, 0.5) is 0 Å². The fraction of sp³-hybridized carbons (Fsp3) is 0.400. The van der Waals surface area contributed by atoms with Gasteiger partial charge in [0.1, 0.15) is 12.2 Å². The molecule has 6 heteroatoms. The summed E-state index contributed by atoms with van der Waals surface area (Å²) in [6.07, 6.45) is 1.72. The summed E-state index contributed by atoms with van der Waals surface area (Å²) in [6.45, 7) is 5.78. The van der Waals surface area contributed by atoms with Crippen LogP contribution in [0.2, 0.25) is 0 Å². The van der Waals surface area contributed by atoms with Crippen molar-refractivity contribution in [2.24, 2.45) is 7.05 Å². The molecule has 0 spiro atoms. The Balaban J connectivity index is 1.81. The Hall–Kier alpha value is -2.21. The quantitative estimate of drug-likeness (QED) is 0.779. The Morgan fingerprint density at radius 2 is 2.10 bits per heavy atom. The van der Waals surface area contributed by atoms with Crippen molar-refractivity contribution >= 4 is 10.9 Å². The maximum absolute atomic E-state index is 4.69. The Bertz CT molecular complexity index is 742. The predicted octanol–water partition coefficient (Wildman–Crippen LogP) is 2.04. The molecule has 1 unspecified atom stereocenters. The number of hydrogen-bond donors (Lipinski definition) is 1. The van der Waals surface area contributed by atoms with E-state index in [1.807, 2.05) is 16.3 Å². The monoisotopic (exact) mass is 284 g/mol. The fourth-order valence-electron chi connectivity index (χ4n) is 2.59. The van der Waals surface area contributed by atoms with E-state index in [-0.39, 0.29) is 6.04 Å². The van der Waals surface area contributed by atoms with Crippen LogP contribution >= 0.6 is 0 Å². The second-order valence-corrected chi connectivity index (χ2v) is 5.18. The van der Waals surface area contributed by atoms with Gasteiger partial charge in [0.15, 0.2) is 0 Å². The highest BCUT2D eigenvalue weighted by atomic mass is 15.3. The summed E-state index contributed by atoms with van der Waals surface area (Å²) in [5, 5.41) is 17.4. The molecule has 110 valence electrons. The van der Waals surface area contributed by atoms with Crippen LogP contribution in [0.15, 0.2) is 30.6 Å². The minimum absolute atomic E-state index is 0.128. The van der Waals surface area contributed by atoms with Crippen molar-refractivity contribution in [2.45, 2.75) is 33.0 Å². The van der Waals surface area contributed by atoms with Gasteiger partial charge in [-0.1, -0.05) is 18.2 Å². The minimum atomic E-state index is 0.128. The highest BCUT2D eigenvalue weighted by Gasteiger charge is 2.13. The van der Waals surface area contributed by atoms with Crippen LogP contribution in [0.3, 0.4) is 0 Å². The summed E-state index contributed by atoms with van der Waals surface area (Å²) in [5.74, 6) is 0.925. The van der Waals surface area contributed by atoms with Crippen LogP contribution in [0.1, 0.15) is 31.4 Å². The average Bonchev–Trinajstić information content (AvgIpc) is 3.08. The summed E-state index contributed by atoms with van der Waals surface area (Å²) in [7, 11) is 1.95. The van der Waals surface area contributed by atoms with E-state index in [0.29, 0.717) is 6.54 Å². The summed E-state index contributed by atoms with van der Waals surface area (Å²) >= 11 is 0. The van der Waals surface area contributed by atoms with Crippen molar-refractivity contribution < 1.29 is 0 Å². The molecule has 0 saturated carbocycles. The number of benzene rings is 1. The standard InChI is InChI=1S/C15H20N6/c1-4-21-14-8-6-5-7-12(14)13(19-21)9-16-11(2)15-18-17-10-20(15)3/h5-8,10-11,16H,4,9H2,1-3H3. The van der Waals surface area contributed by atoms with Gasteiger partial charge in [-0.3, -0.25) is 4.68 Å². The normalized spacial score (nSPS) is 12.9. The van der Waals surface area contributed by atoms with Crippen LogP contribution < -0.4 is 5.32 Å². The number of nitrogens with one attached hydrogen (secondary N) is 1. The Morgan fingerprint density at radius 3 is 2.81 bits per heavy atom. The van der Waals surface area contributed by atoms with E-state index in [4.69, 9.17) is 5.10 Å². The predicted molar refractivity (Wildman–Crippen MR) is 81.7 cm³/mol. The second kappa shape index (κ2) is 5.65. The van der Waals surface area contributed by atoms with E-state index >= 15 is 0 Å². The number of aromatic nitrogens is 5. The van der Waals surface area contributed by atoms with Gasteiger partial charge in [-0.25, -0.2) is 0 Å². The fourth-order valence-corrected chi connectivity index (χ4v) is 2.59. The number of rotatable bonds is 5. The van der Waals surface area contributed by atoms with Gasteiger partial charge in [0.05, 0.1) is 17.3 Å². The summed E-state index contributed by atoms with van der Waals surface area (Å²) < 4.78 is 3.97. The molecule has 1 atom stereocenters. The van der Waals surface area contributed by atoms with E-state index in [1.54, 1.807) is 6.33 Å². The molecule has 0 bridgehead atoms. The molecule has 2 aromatic heterocycles. The molecule has 0 saturated heterocycles. The zero-order valence-electron chi connectivity index (χ0n) is 12.6. The van der Waals surface area contributed by atoms with Gasteiger partial charge in [-0.05, 0) is 19.9 Å². The molecule has 0 amide bonds. The first-order valence-electron chi connectivity index (χ1n) is 7.22. The average molecular weight is 284 g/mol. The largest absolute Gasteiger partial charge is 0.319 e. The van der Waals surface area contributed by atoms with Gasteiger partial charge >= 0.3 is 0 Å². The van der Waals surface area contributed by atoms with Crippen molar-refractivity contribution in [3.8, 4) is 0 Å². The molecular weight excluding hydrogens is 264 g/mol. The lowest BCUT2D eigenvalue weighted by molar-refractivity contribution is 0.519. The molecule has 1 aromatic carbocycles. The molecule has 2 heterocycles. The Labute approximate surface area is 123 Å². The van der Waals surface area contributed by atoms with Gasteiger partial charge < -0.3 is 9.88 Å². The van der Waals surface area contributed by atoms with Gasteiger partial charge in [-0.15, -0.1) is 10.2 Å². The topological polar surface area (TPSA) is 60.6 Å². The molecule has 1 N–H and O–H groups in total. The molecule has 6 nitrogen and oxygen atoms in total. The molecular formula is C15H20N6. The highest BCUT2D eigenvalue weighted by Crippen LogP contribution is 2.19. The lowest BCUT2D eigenvalue weighted by Gasteiger charge is -2.11. The number of fused-ring (bicyclic) bond motifs is 1. The van der Waals surface area contributed by atoms with E-state index in [0.717, 1.165) is 18.1 Å². The van der Waals surface area contributed by atoms with E-state index in [2.05, 4.69) is 53.6 Å².